The van der Waals surface area contributed by atoms with Crippen LogP contribution in [0.15, 0.2) is 9.98 Å². The van der Waals surface area contributed by atoms with Gasteiger partial charge in [-0.3, -0.25) is 40.5 Å². The number of likely N-dealkylation sites (N-methyl/N-ethyl adjacent to an activating group) is 4. The minimum atomic E-state index is -0.690. The SMILES string of the molecule is C.C.C.C.C.C.C.C.C.C.C.C.C.C.C.C.C.C.CCC(C)CN.CCC(C)N.CCC(CN=C(N)NC(=N)N)CC(C)CN.CCC(CN=C(N)NC(N)=O)CC(C)CN.CNC(CCCCN)C(C)=O.CNC(CCCN)C(C)=O.CNCCN(CCN)CCNC. The molecule has 0 bridgehead atoms. The fraction of sp³-hybridized carbons (Fsp3) is 0.914. The standard InChI is InChI=1S/C10H24N6.C10H23N5O.C8H22N4.C8H18N2O.C7H16N2O.C5H13N.C4H11N.18CH4/c1-3-8(4-7(2)5-11)6-15-10(14)16-9(12)13;1-3-8(4-7(2)5-11)6-14-9(12)15-10(13)16;1-10-4-7-12(6-3-9)8-5-11-2;1-7(11)8(10-2)5-3-4-6-9;1-6(10)7(9-2)4-3-5-8;1-3-5(2)4-6;1-3-4(2)5;;;;;;;;;;;;;;;;;;/h7-8H,3-6,11H2,1-2H3,(H6,12,13,14,15,16);7-8H,3-6,11H2,1-2H3,(H5,12,13,14,15,16);10-11H,3-9H2,1-2H3;8,10H,3-6,9H2,1-2H3;7,9H,3-5,8H2,1-2H3;5H,3-4,6H2,1-2H3;4H,3,5H2,1-2H3;18*1H4. The van der Waals surface area contributed by atoms with Crippen LogP contribution >= 0.6 is 0 Å². The van der Waals surface area contributed by atoms with Gasteiger partial charge >= 0.3 is 6.03 Å². The Labute approximate surface area is 597 Å². The molecule has 0 aromatic heterocycles. The van der Waals surface area contributed by atoms with Gasteiger partial charge in [0.25, 0.3) is 0 Å². The highest BCUT2D eigenvalue weighted by Gasteiger charge is 2.13. The van der Waals surface area contributed by atoms with Gasteiger partial charge in [0.1, 0.15) is 11.6 Å². The topological polar surface area (TPSA) is 461 Å². The van der Waals surface area contributed by atoms with E-state index in [2.05, 4.69) is 95.3 Å². The van der Waals surface area contributed by atoms with Crippen molar-refractivity contribution in [2.24, 2.45) is 103 Å². The maximum absolute atomic E-state index is 10.9. The second-order valence-electron chi connectivity index (χ2n) is 19.3. The van der Waals surface area contributed by atoms with Crippen LogP contribution in [0.3, 0.4) is 0 Å². The van der Waals surface area contributed by atoms with Crippen LogP contribution in [0.5, 0.6) is 0 Å². The number of hydrogen-bond acceptors (Lipinski definition) is 18. The number of rotatable bonds is 34. The summed E-state index contributed by atoms with van der Waals surface area (Å²) in [6.45, 7) is 30.8. The van der Waals surface area contributed by atoms with Gasteiger partial charge in [-0.05, 0) is 156 Å². The molecule has 24 nitrogen and oxygen atoms in total. The summed E-state index contributed by atoms with van der Waals surface area (Å²) in [4.78, 5) is 42.7. The number of guanidine groups is 3. The number of amides is 2. The Hall–Kier alpha value is -3.66. The van der Waals surface area contributed by atoms with Crippen molar-refractivity contribution in [1.82, 2.24) is 36.8 Å². The molecule has 24 heteroatoms. The maximum atomic E-state index is 10.9. The average Bonchev–Trinajstić information content (AvgIpc) is 3.38. The summed E-state index contributed by atoms with van der Waals surface area (Å²) in [5.74, 6) is 3.10. The number of urea groups is 1. The number of carbonyl (C=O) groups excluding carboxylic acids is 3. The smallest absolute Gasteiger partial charge is 0.318 e. The number of unbranched alkanes of at least 4 members (excludes halogenated alkanes) is 1. The van der Waals surface area contributed by atoms with Crippen molar-refractivity contribution in [2.45, 2.75) is 292 Å². The predicted molar refractivity (Wildman–Crippen MR) is 449 cm³/mol. The van der Waals surface area contributed by atoms with Gasteiger partial charge in [0.2, 0.25) is 0 Å². The second kappa shape index (κ2) is 130. The minimum absolute atomic E-state index is 0. The molecule has 2 amide bonds. The molecule has 0 aliphatic heterocycles. The fourth-order valence-electron chi connectivity index (χ4n) is 6.01. The van der Waals surface area contributed by atoms with Gasteiger partial charge in [0, 0.05) is 58.4 Å². The van der Waals surface area contributed by atoms with Crippen molar-refractivity contribution < 1.29 is 14.4 Å². The molecular formula is C70H199N21O3. The maximum Gasteiger partial charge on any atom is 0.318 e. The van der Waals surface area contributed by atoms with Crippen LogP contribution in [0.4, 0.5) is 4.79 Å². The molecule has 94 heavy (non-hydrogen) atoms. The zero-order valence-electron chi connectivity index (χ0n) is 51.0. The van der Waals surface area contributed by atoms with Crippen molar-refractivity contribution >= 4 is 35.5 Å². The van der Waals surface area contributed by atoms with E-state index < -0.39 is 6.03 Å². The molecule has 0 aromatic carbocycles. The van der Waals surface area contributed by atoms with E-state index in [4.69, 9.17) is 68.5 Å². The lowest BCUT2D eigenvalue weighted by Crippen LogP contribution is -2.41. The molecule has 8 unspecified atom stereocenters. The first-order valence-electron chi connectivity index (χ1n) is 28.0. The number of nitrogens with two attached hydrogens (primary N) is 11. The summed E-state index contributed by atoms with van der Waals surface area (Å²) in [7, 11) is 7.55. The van der Waals surface area contributed by atoms with Crippen LogP contribution in [0.25, 0.3) is 0 Å². The second-order valence-corrected chi connectivity index (χ2v) is 19.3. The Morgan fingerprint density at radius 2 is 0.755 bits per heavy atom. The molecule has 0 aliphatic carbocycles. The Morgan fingerprint density at radius 1 is 0.447 bits per heavy atom. The molecular weight excluding hydrogens is 1180 g/mol. The first-order chi connectivity index (χ1) is 35.8. The quantitative estimate of drug-likeness (QED) is 0.0162. The van der Waals surface area contributed by atoms with Crippen molar-refractivity contribution in [2.75, 3.05) is 113 Å². The summed E-state index contributed by atoms with van der Waals surface area (Å²) in [6.07, 6.45) is 11.1. The Kier molecular flexibility index (Phi) is 233. The Morgan fingerprint density at radius 3 is 0.957 bits per heavy atom. The van der Waals surface area contributed by atoms with Gasteiger partial charge in [-0.2, -0.15) is 0 Å². The van der Waals surface area contributed by atoms with Crippen LogP contribution in [0.1, 0.15) is 274 Å². The minimum Gasteiger partial charge on any atom is -0.370 e. The first-order valence-corrected chi connectivity index (χ1v) is 28.0. The zero-order valence-corrected chi connectivity index (χ0v) is 51.0. The largest absolute Gasteiger partial charge is 0.370 e. The molecule has 0 saturated carbocycles. The molecule has 29 N–H and O–H groups in total. The molecule has 0 heterocycles. The highest BCUT2D eigenvalue weighted by atomic mass is 16.2. The third-order valence-electron chi connectivity index (χ3n) is 11.9. The summed E-state index contributed by atoms with van der Waals surface area (Å²) >= 11 is 0. The number of primary amides is 1. The highest BCUT2D eigenvalue weighted by molar-refractivity contribution is 5.95. The summed E-state index contributed by atoms with van der Waals surface area (Å²) in [6, 6.07) is -0.273. The van der Waals surface area contributed by atoms with Gasteiger partial charge in [-0.25, -0.2) is 4.79 Å². The van der Waals surface area contributed by atoms with Crippen molar-refractivity contribution in [3.8, 4) is 0 Å². The van der Waals surface area contributed by atoms with Crippen LogP contribution < -0.4 is 95.0 Å². The van der Waals surface area contributed by atoms with Crippen molar-refractivity contribution in [1.29, 1.82) is 5.41 Å². The number of Topliss-reactive ketones (excluding diaryl/α,β-unsaturated/α-hetero) is 2. The number of nitrogens with one attached hydrogen (secondary N) is 7. The van der Waals surface area contributed by atoms with Gasteiger partial charge in [-0.15, -0.1) is 0 Å². The molecule has 0 rings (SSSR count). The molecule has 0 saturated heterocycles. The number of nitrogens with zero attached hydrogens (tertiary/aromatic N) is 3. The third kappa shape index (κ3) is 144. The summed E-state index contributed by atoms with van der Waals surface area (Å²) < 4.78 is 0. The van der Waals surface area contributed by atoms with Crippen LogP contribution in [0.2, 0.25) is 0 Å². The molecule has 0 aromatic rings. The number of carbonyl (C=O) groups is 3. The molecule has 0 radical (unpaired) electrons. The van der Waals surface area contributed by atoms with E-state index in [-0.39, 0.29) is 175 Å². The van der Waals surface area contributed by atoms with E-state index in [0.717, 1.165) is 110 Å². The molecule has 8 atom stereocenters. The highest BCUT2D eigenvalue weighted by Crippen LogP contribution is 2.16. The monoisotopic (exact) mass is 1380 g/mol. The average molecular weight is 1380 g/mol. The van der Waals surface area contributed by atoms with E-state index in [1.54, 1.807) is 20.9 Å². The van der Waals surface area contributed by atoms with Gasteiger partial charge < -0.3 is 84.3 Å². The Bertz CT molecular complexity index is 1280. The summed E-state index contributed by atoms with van der Waals surface area (Å²) in [5.41, 5.74) is 58.9. The van der Waals surface area contributed by atoms with E-state index in [9.17, 15) is 14.4 Å². The lowest BCUT2D eigenvalue weighted by molar-refractivity contribution is -0.119. The lowest BCUT2D eigenvalue weighted by Gasteiger charge is -2.20. The van der Waals surface area contributed by atoms with Crippen molar-refractivity contribution in [3.63, 3.8) is 0 Å². The molecule has 602 valence electrons. The number of hydrogen-bond donors (Lipinski definition) is 18. The third-order valence-corrected chi connectivity index (χ3v) is 11.9. The van der Waals surface area contributed by atoms with Crippen molar-refractivity contribution in [3.05, 3.63) is 0 Å². The van der Waals surface area contributed by atoms with Crippen LogP contribution in [-0.2, 0) is 9.59 Å². The van der Waals surface area contributed by atoms with Gasteiger partial charge in [-0.1, -0.05) is 208 Å². The molecule has 0 fully saturated rings. The molecule has 0 spiro atoms. The lowest BCUT2D eigenvalue weighted by atomic mass is 9.94. The van der Waals surface area contributed by atoms with E-state index in [0.29, 0.717) is 74.9 Å². The van der Waals surface area contributed by atoms with Gasteiger partial charge in [0.05, 0.1) is 12.1 Å². The Balaban J connectivity index is -0.0000000254. The first kappa shape index (κ1) is 169. The summed E-state index contributed by atoms with van der Waals surface area (Å²) in [5, 5.41) is 23.8. The van der Waals surface area contributed by atoms with Crippen LogP contribution in [-0.4, -0.2) is 172 Å². The fourth-order valence-corrected chi connectivity index (χ4v) is 6.01. The number of aliphatic imine (C=N–C) groups is 2. The van der Waals surface area contributed by atoms with Crippen LogP contribution in [0, 0.1) is 35.0 Å². The number of ketones is 2. The van der Waals surface area contributed by atoms with E-state index >= 15 is 0 Å². The zero-order chi connectivity index (χ0) is 60.3. The predicted octanol–water partition coefficient (Wildman–Crippen LogP) is 11.8. The normalized spacial score (nSPS) is 11.3. The van der Waals surface area contributed by atoms with E-state index in [1.807, 2.05) is 28.1 Å². The van der Waals surface area contributed by atoms with E-state index in [1.165, 1.54) is 6.42 Å². The van der Waals surface area contributed by atoms with Gasteiger partial charge in [0.15, 0.2) is 17.9 Å². The molecule has 0 aliphatic rings.